The maximum absolute atomic E-state index is 12.4. The van der Waals surface area contributed by atoms with Crippen molar-refractivity contribution < 1.29 is 9.53 Å². The van der Waals surface area contributed by atoms with Crippen molar-refractivity contribution >= 4 is 17.3 Å². The number of nitrogens with one attached hydrogen (secondary N) is 3. The van der Waals surface area contributed by atoms with Crippen LogP contribution in [-0.2, 0) is 4.74 Å². The number of tetrazole rings is 1. The average Bonchev–Trinajstić information content (AvgIpc) is 3.25. The Morgan fingerprint density at radius 1 is 1.21 bits per heavy atom. The second-order valence-electron chi connectivity index (χ2n) is 7.61. The fourth-order valence-corrected chi connectivity index (χ4v) is 3.89. The van der Waals surface area contributed by atoms with Crippen molar-refractivity contribution in [2.75, 3.05) is 18.5 Å². The Balaban J connectivity index is 1.51. The van der Waals surface area contributed by atoms with E-state index in [0.717, 1.165) is 36.3 Å². The first-order valence-corrected chi connectivity index (χ1v) is 9.91. The third-order valence-electron chi connectivity index (χ3n) is 5.52. The van der Waals surface area contributed by atoms with E-state index < -0.39 is 0 Å². The molecule has 8 nitrogen and oxygen atoms in total. The van der Waals surface area contributed by atoms with E-state index in [1.54, 1.807) is 0 Å². The Bertz CT molecular complexity index is 840. The SMILES string of the molecule is CC1CCC(NC(=O)Nc2ccc(C3=CCOCC3)c(-c3nn[nH]n3)c2)CC1. The molecule has 0 spiro atoms. The van der Waals surface area contributed by atoms with Gasteiger partial charge in [-0.25, -0.2) is 4.79 Å². The van der Waals surface area contributed by atoms with Crippen molar-refractivity contribution in [3.05, 3.63) is 29.8 Å². The number of rotatable bonds is 4. The zero-order valence-electron chi connectivity index (χ0n) is 16.1. The summed E-state index contributed by atoms with van der Waals surface area (Å²) in [6.45, 7) is 3.56. The fourth-order valence-electron chi connectivity index (χ4n) is 3.89. The van der Waals surface area contributed by atoms with Crippen LogP contribution in [-0.4, -0.2) is 45.9 Å². The monoisotopic (exact) mass is 382 g/mol. The highest BCUT2D eigenvalue weighted by molar-refractivity contribution is 5.91. The average molecular weight is 382 g/mol. The van der Waals surface area contributed by atoms with Crippen LogP contribution in [0.3, 0.4) is 0 Å². The number of H-pyrrole nitrogens is 1. The van der Waals surface area contributed by atoms with Crippen LogP contribution in [0.2, 0.25) is 0 Å². The van der Waals surface area contributed by atoms with Crippen molar-refractivity contribution in [3.8, 4) is 11.4 Å². The van der Waals surface area contributed by atoms with E-state index >= 15 is 0 Å². The molecule has 0 radical (unpaired) electrons. The molecule has 1 aromatic heterocycles. The Kier molecular flexibility index (Phi) is 5.66. The molecular weight excluding hydrogens is 356 g/mol. The fraction of sp³-hybridized carbons (Fsp3) is 0.500. The van der Waals surface area contributed by atoms with Gasteiger partial charge < -0.3 is 15.4 Å². The minimum atomic E-state index is -0.170. The molecule has 0 saturated heterocycles. The van der Waals surface area contributed by atoms with Crippen molar-refractivity contribution in [3.63, 3.8) is 0 Å². The number of ether oxygens (including phenoxy) is 1. The van der Waals surface area contributed by atoms with Gasteiger partial charge in [0.2, 0.25) is 5.82 Å². The van der Waals surface area contributed by atoms with Gasteiger partial charge in [0.05, 0.1) is 13.2 Å². The summed E-state index contributed by atoms with van der Waals surface area (Å²) in [5.41, 5.74) is 3.78. The summed E-state index contributed by atoms with van der Waals surface area (Å²) in [6, 6.07) is 5.90. The molecule has 2 aromatic rings. The summed E-state index contributed by atoms with van der Waals surface area (Å²) in [7, 11) is 0. The highest BCUT2D eigenvalue weighted by Gasteiger charge is 2.20. The number of hydrogen-bond acceptors (Lipinski definition) is 5. The van der Waals surface area contributed by atoms with Crippen molar-refractivity contribution in [2.45, 2.75) is 45.1 Å². The Labute approximate surface area is 164 Å². The van der Waals surface area contributed by atoms with E-state index in [0.29, 0.717) is 24.7 Å². The smallest absolute Gasteiger partial charge is 0.319 e. The zero-order valence-corrected chi connectivity index (χ0v) is 16.1. The summed E-state index contributed by atoms with van der Waals surface area (Å²) in [6.07, 6.45) is 7.32. The lowest BCUT2D eigenvalue weighted by Crippen LogP contribution is -2.39. The summed E-state index contributed by atoms with van der Waals surface area (Å²) >= 11 is 0. The van der Waals surface area contributed by atoms with E-state index in [1.807, 2.05) is 18.2 Å². The van der Waals surface area contributed by atoms with Gasteiger partial charge in [-0.1, -0.05) is 19.1 Å². The molecule has 4 rings (SSSR count). The number of benzene rings is 1. The number of hydrogen-bond donors (Lipinski definition) is 3. The normalized spacial score (nSPS) is 22.4. The maximum Gasteiger partial charge on any atom is 0.319 e. The lowest BCUT2D eigenvalue weighted by Gasteiger charge is -2.27. The molecule has 1 aliphatic heterocycles. The van der Waals surface area contributed by atoms with Crippen molar-refractivity contribution in [2.24, 2.45) is 5.92 Å². The molecule has 1 fully saturated rings. The Hall–Kier alpha value is -2.74. The molecule has 0 unspecified atom stereocenters. The third kappa shape index (κ3) is 4.39. The molecule has 0 bridgehead atoms. The van der Waals surface area contributed by atoms with Gasteiger partial charge in [0, 0.05) is 17.3 Å². The van der Waals surface area contributed by atoms with Crippen molar-refractivity contribution in [1.82, 2.24) is 25.9 Å². The van der Waals surface area contributed by atoms with E-state index in [1.165, 1.54) is 18.4 Å². The minimum absolute atomic E-state index is 0.170. The number of nitrogens with zero attached hydrogens (tertiary/aromatic N) is 3. The highest BCUT2D eigenvalue weighted by atomic mass is 16.5. The van der Waals surface area contributed by atoms with Crippen LogP contribution in [0.25, 0.3) is 17.0 Å². The van der Waals surface area contributed by atoms with Gasteiger partial charge in [-0.15, -0.1) is 10.2 Å². The summed E-state index contributed by atoms with van der Waals surface area (Å²) in [5.74, 6) is 1.26. The van der Waals surface area contributed by atoms with Crippen LogP contribution in [0.1, 0.15) is 44.6 Å². The quantitative estimate of drug-likeness (QED) is 0.752. The summed E-state index contributed by atoms with van der Waals surface area (Å²) < 4.78 is 5.42. The van der Waals surface area contributed by atoms with Crippen LogP contribution >= 0.6 is 0 Å². The Morgan fingerprint density at radius 2 is 2.07 bits per heavy atom. The van der Waals surface area contributed by atoms with E-state index in [2.05, 4.69) is 44.3 Å². The van der Waals surface area contributed by atoms with Crippen LogP contribution in [0.5, 0.6) is 0 Å². The Morgan fingerprint density at radius 3 is 2.79 bits per heavy atom. The number of amides is 2. The molecule has 2 aliphatic rings. The van der Waals surface area contributed by atoms with Gasteiger partial charge in [0.25, 0.3) is 0 Å². The molecule has 1 saturated carbocycles. The number of anilines is 1. The molecule has 2 amide bonds. The first-order valence-electron chi connectivity index (χ1n) is 9.91. The first kappa shape index (κ1) is 18.6. The van der Waals surface area contributed by atoms with Gasteiger partial charge in [-0.05, 0) is 66.5 Å². The molecule has 1 aromatic carbocycles. The van der Waals surface area contributed by atoms with E-state index in [-0.39, 0.29) is 12.1 Å². The lowest BCUT2D eigenvalue weighted by atomic mass is 9.87. The number of aromatic amines is 1. The molecule has 2 heterocycles. The van der Waals surface area contributed by atoms with E-state index in [4.69, 9.17) is 4.74 Å². The number of carbonyl (C=O) groups excluding carboxylic acids is 1. The van der Waals surface area contributed by atoms with E-state index in [9.17, 15) is 4.79 Å². The lowest BCUT2D eigenvalue weighted by molar-refractivity contribution is 0.161. The van der Waals surface area contributed by atoms with Gasteiger partial charge in [-0.3, -0.25) is 0 Å². The van der Waals surface area contributed by atoms with Crippen LogP contribution in [0, 0.1) is 5.92 Å². The van der Waals surface area contributed by atoms with Gasteiger partial charge in [-0.2, -0.15) is 5.21 Å². The molecular formula is C20H26N6O2. The third-order valence-corrected chi connectivity index (χ3v) is 5.52. The maximum atomic E-state index is 12.4. The number of aromatic nitrogens is 4. The minimum Gasteiger partial charge on any atom is -0.377 e. The van der Waals surface area contributed by atoms with Gasteiger partial charge in [0.1, 0.15) is 0 Å². The largest absolute Gasteiger partial charge is 0.377 e. The predicted molar refractivity (Wildman–Crippen MR) is 107 cm³/mol. The molecule has 8 heteroatoms. The van der Waals surface area contributed by atoms with Gasteiger partial charge >= 0.3 is 6.03 Å². The second kappa shape index (κ2) is 8.52. The molecule has 148 valence electrons. The van der Waals surface area contributed by atoms with Crippen molar-refractivity contribution in [1.29, 1.82) is 0 Å². The van der Waals surface area contributed by atoms with Crippen LogP contribution < -0.4 is 10.6 Å². The summed E-state index contributed by atoms with van der Waals surface area (Å²) in [4.78, 5) is 12.4. The molecule has 28 heavy (non-hydrogen) atoms. The zero-order chi connectivity index (χ0) is 19.3. The summed E-state index contributed by atoms with van der Waals surface area (Å²) in [5, 5.41) is 20.5. The number of carbonyl (C=O) groups is 1. The van der Waals surface area contributed by atoms with Crippen LogP contribution in [0.15, 0.2) is 24.3 Å². The predicted octanol–water partition coefficient (Wildman–Crippen LogP) is 3.37. The first-order chi connectivity index (χ1) is 13.7. The highest BCUT2D eigenvalue weighted by Crippen LogP contribution is 2.32. The standard InChI is InChI=1S/C20H26N6O2/c1-13-2-4-15(5-3-13)21-20(27)22-16-6-7-17(14-8-10-28-11-9-14)18(12-16)19-23-25-26-24-19/h6-8,12-13,15H,2-5,9-11H2,1H3,(H2,21,22,27)(H,23,24,25,26). The number of urea groups is 1. The topological polar surface area (TPSA) is 105 Å². The molecule has 1 aliphatic carbocycles. The van der Waals surface area contributed by atoms with Crippen LogP contribution in [0.4, 0.5) is 10.5 Å². The molecule has 3 N–H and O–H groups in total. The molecule has 0 atom stereocenters. The second-order valence-corrected chi connectivity index (χ2v) is 7.61. The van der Waals surface area contributed by atoms with Gasteiger partial charge in [0.15, 0.2) is 0 Å².